The highest BCUT2D eigenvalue weighted by molar-refractivity contribution is 5.58. The molecule has 3 heteroatoms. The molecule has 0 saturated carbocycles. The Balaban J connectivity index is 2.14. The number of aryl methyl sites for hydroxylation is 1. The van der Waals surface area contributed by atoms with Crippen molar-refractivity contribution in [3.63, 3.8) is 0 Å². The van der Waals surface area contributed by atoms with Crippen LogP contribution in [0.15, 0.2) is 42.5 Å². The van der Waals surface area contributed by atoms with Crippen molar-refractivity contribution >= 4 is 5.69 Å². The molecule has 0 aliphatic rings. The second kappa shape index (κ2) is 6.90. The largest absolute Gasteiger partial charge is 0.377 e. The SMILES string of the molecule is CCCc1ccc(C(C)Nc2ccc(F)cc2C#N)cc1. The maximum Gasteiger partial charge on any atom is 0.124 e. The summed E-state index contributed by atoms with van der Waals surface area (Å²) < 4.78 is 13.1. The van der Waals surface area contributed by atoms with Crippen LogP contribution in [0.25, 0.3) is 0 Å². The number of halogens is 1. The average Bonchev–Trinajstić information content (AvgIpc) is 2.50. The van der Waals surface area contributed by atoms with Crippen LogP contribution < -0.4 is 5.32 Å². The summed E-state index contributed by atoms with van der Waals surface area (Å²) in [5.41, 5.74) is 3.45. The predicted octanol–water partition coefficient (Wildman–Crippen LogP) is 4.82. The average molecular weight is 282 g/mol. The molecule has 0 spiro atoms. The van der Waals surface area contributed by atoms with Gasteiger partial charge in [-0.25, -0.2) is 4.39 Å². The molecule has 1 atom stereocenters. The zero-order valence-electron chi connectivity index (χ0n) is 12.4. The molecule has 0 radical (unpaired) electrons. The lowest BCUT2D eigenvalue weighted by Gasteiger charge is -2.17. The Morgan fingerprint density at radius 1 is 1.19 bits per heavy atom. The minimum Gasteiger partial charge on any atom is -0.377 e. The summed E-state index contributed by atoms with van der Waals surface area (Å²) >= 11 is 0. The first kappa shape index (κ1) is 15.1. The van der Waals surface area contributed by atoms with E-state index < -0.39 is 5.82 Å². The van der Waals surface area contributed by atoms with E-state index in [9.17, 15) is 4.39 Å². The molecular formula is C18H19FN2. The lowest BCUT2D eigenvalue weighted by molar-refractivity contribution is 0.627. The zero-order valence-corrected chi connectivity index (χ0v) is 12.4. The van der Waals surface area contributed by atoms with Gasteiger partial charge in [0.25, 0.3) is 0 Å². The first-order valence-corrected chi connectivity index (χ1v) is 7.19. The highest BCUT2D eigenvalue weighted by Gasteiger charge is 2.09. The lowest BCUT2D eigenvalue weighted by Crippen LogP contribution is -2.08. The van der Waals surface area contributed by atoms with Crippen LogP contribution in [0.3, 0.4) is 0 Å². The number of nitrogens with one attached hydrogen (secondary N) is 1. The van der Waals surface area contributed by atoms with Gasteiger partial charge in [0.15, 0.2) is 0 Å². The van der Waals surface area contributed by atoms with Gasteiger partial charge >= 0.3 is 0 Å². The van der Waals surface area contributed by atoms with Crippen molar-refractivity contribution in [1.82, 2.24) is 0 Å². The summed E-state index contributed by atoms with van der Waals surface area (Å²) in [6.07, 6.45) is 2.22. The molecule has 108 valence electrons. The van der Waals surface area contributed by atoms with Gasteiger partial charge in [-0.15, -0.1) is 0 Å². The minimum absolute atomic E-state index is 0.0539. The maximum absolute atomic E-state index is 13.1. The van der Waals surface area contributed by atoms with Gasteiger partial charge in [0, 0.05) is 6.04 Å². The number of hydrogen-bond donors (Lipinski definition) is 1. The van der Waals surface area contributed by atoms with E-state index in [1.54, 1.807) is 6.07 Å². The summed E-state index contributed by atoms with van der Waals surface area (Å²) in [6.45, 7) is 4.19. The van der Waals surface area contributed by atoms with Crippen molar-refractivity contribution in [2.45, 2.75) is 32.7 Å². The van der Waals surface area contributed by atoms with Crippen LogP contribution in [-0.2, 0) is 6.42 Å². The van der Waals surface area contributed by atoms with Crippen LogP contribution in [0.5, 0.6) is 0 Å². The molecule has 2 rings (SSSR count). The van der Waals surface area contributed by atoms with Gasteiger partial charge in [-0.3, -0.25) is 0 Å². The van der Waals surface area contributed by atoms with Gasteiger partial charge in [0.2, 0.25) is 0 Å². The molecule has 2 aromatic carbocycles. The smallest absolute Gasteiger partial charge is 0.124 e. The molecule has 0 aliphatic heterocycles. The van der Waals surface area contributed by atoms with E-state index in [0.717, 1.165) is 18.4 Å². The number of nitrogens with zero attached hydrogens (tertiary/aromatic N) is 1. The van der Waals surface area contributed by atoms with Crippen molar-refractivity contribution < 1.29 is 4.39 Å². The Kier molecular flexibility index (Phi) is 4.94. The summed E-state index contributed by atoms with van der Waals surface area (Å²) in [6, 6.07) is 14.7. The molecule has 0 amide bonds. The van der Waals surface area contributed by atoms with E-state index in [1.165, 1.54) is 17.7 Å². The monoisotopic (exact) mass is 282 g/mol. The van der Waals surface area contributed by atoms with E-state index >= 15 is 0 Å². The van der Waals surface area contributed by atoms with Gasteiger partial charge in [0.1, 0.15) is 11.9 Å². The fraction of sp³-hybridized carbons (Fsp3) is 0.278. The van der Waals surface area contributed by atoms with Crippen LogP contribution in [0.4, 0.5) is 10.1 Å². The normalized spacial score (nSPS) is 11.7. The molecule has 1 unspecified atom stereocenters. The van der Waals surface area contributed by atoms with Gasteiger partial charge in [-0.05, 0) is 42.7 Å². The Morgan fingerprint density at radius 2 is 1.90 bits per heavy atom. The first-order valence-electron chi connectivity index (χ1n) is 7.19. The summed E-state index contributed by atoms with van der Waals surface area (Å²) in [5, 5.41) is 12.3. The van der Waals surface area contributed by atoms with E-state index in [-0.39, 0.29) is 6.04 Å². The number of anilines is 1. The van der Waals surface area contributed by atoms with Crippen LogP contribution in [0.1, 0.15) is 43.0 Å². The molecule has 0 aromatic heterocycles. The third kappa shape index (κ3) is 3.82. The molecule has 0 fully saturated rings. The van der Waals surface area contributed by atoms with Gasteiger partial charge in [-0.1, -0.05) is 37.6 Å². The molecule has 0 aliphatic carbocycles. The molecule has 0 bridgehead atoms. The third-order valence-corrected chi connectivity index (χ3v) is 3.49. The van der Waals surface area contributed by atoms with Crippen molar-refractivity contribution in [3.05, 3.63) is 65.0 Å². The third-order valence-electron chi connectivity index (χ3n) is 3.49. The molecule has 0 heterocycles. The predicted molar refractivity (Wildman–Crippen MR) is 83.6 cm³/mol. The molecule has 2 aromatic rings. The van der Waals surface area contributed by atoms with Crippen molar-refractivity contribution in [1.29, 1.82) is 5.26 Å². The number of rotatable bonds is 5. The van der Waals surface area contributed by atoms with Gasteiger partial charge in [-0.2, -0.15) is 5.26 Å². The van der Waals surface area contributed by atoms with Crippen LogP contribution in [0.2, 0.25) is 0 Å². The number of benzene rings is 2. The Labute approximate surface area is 125 Å². The number of nitriles is 1. The second-order valence-electron chi connectivity index (χ2n) is 5.16. The van der Waals surface area contributed by atoms with E-state index in [0.29, 0.717) is 11.3 Å². The summed E-state index contributed by atoms with van der Waals surface area (Å²) in [5.74, 6) is -0.395. The highest BCUT2D eigenvalue weighted by Crippen LogP contribution is 2.23. The molecule has 21 heavy (non-hydrogen) atoms. The number of hydrogen-bond acceptors (Lipinski definition) is 2. The standard InChI is InChI=1S/C18H19FN2/c1-3-4-14-5-7-15(8-6-14)13(2)21-18-10-9-17(19)11-16(18)12-20/h5-11,13,21H,3-4H2,1-2H3. The first-order chi connectivity index (χ1) is 10.1. The Morgan fingerprint density at radius 3 is 2.52 bits per heavy atom. The topological polar surface area (TPSA) is 35.8 Å². The van der Waals surface area contributed by atoms with Crippen LogP contribution in [0, 0.1) is 17.1 Å². The van der Waals surface area contributed by atoms with Gasteiger partial charge < -0.3 is 5.32 Å². The maximum atomic E-state index is 13.1. The van der Waals surface area contributed by atoms with Crippen molar-refractivity contribution in [2.75, 3.05) is 5.32 Å². The van der Waals surface area contributed by atoms with Gasteiger partial charge in [0.05, 0.1) is 11.3 Å². The highest BCUT2D eigenvalue weighted by atomic mass is 19.1. The van der Waals surface area contributed by atoms with Crippen molar-refractivity contribution in [3.8, 4) is 6.07 Å². The van der Waals surface area contributed by atoms with Crippen LogP contribution in [-0.4, -0.2) is 0 Å². The zero-order chi connectivity index (χ0) is 15.2. The molecule has 0 saturated heterocycles. The van der Waals surface area contributed by atoms with E-state index in [1.807, 2.05) is 13.0 Å². The minimum atomic E-state index is -0.395. The Bertz CT molecular complexity index is 641. The quantitative estimate of drug-likeness (QED) is 0.853. The fourth-order valence-corrected chi connectivity index (χ4v) is 2.31. The lowest BCUT2D eigenvalue weighted by atomic mass is 10.0. The van der Waals surface area contributed by atoms with Crippen molar-refractivity contribution in [2.24, 2.45) is 0 Å². The summed E-state index contributed by atoms with van der Waals surface area (Å²) in [4.78, 5) is 0. The molecular weight excluding hydrogens is 263 g/mol. The van der Waals surface area contributed by atoms with Crippen LogP contribution >= 0.6 is 0 Å². The molecule has 2 nitrogen and oxygen atoms in total. The Hall–Kier alpha value is -2.34. The molecule has 1 N–H and O–H groups in total. The van der Waals surface area contributed by atoms with E-state index in [2.05, 4.69) is 36.5 Å². The fourth-order valence-electron chi connectivity index (χ4n) is 2.31. The van der Waals surface area contributed by atoms with E-state index in [4.69, 9.17) is 5.26 Å². The summed E-state index contributed by atoms with van der Waals surface area (Å²) in [7, 11) is 0. The second-order valence-corrected chi connectivity index (χ2v) is 5.16.